The maximum Gasteiger partial charge on any atom is 0.418 e. The second kappa shape index (κ2) is 6.72. The van der Waals surface area contributed by atoms with E-state index in [0.29, 0.717) is 22.3 Å². The molecule has 4 rings (SSSR count). The van der Waals surface area contributed by atoms with Crippen LogP contribution in [0.5, 0.6) is 0 Å². The molecule has 142 valence electrons. The summed E-state index contributed by atoms with van der Waals surface area (Å²) in [5.74, 6) is -0.914. The Labute approximate surface area is 161 Å². The number of aromatic nitrogens is 2. The molecule has 0 fully saturated rings. The molecule has 2 heterocycles. The van der Waals surface area contributed by atoms with Crippen LogP contribution in [0.1, 0.15) is 15.9 Å². The molecule has 0 saturated carbocycles. The molecule has 28 heavy (non-hydrogen) atoms. The van der Waals surface area contributed by atoms with Gasteiger partial charge < -0.3 is 9.73 Å². The summed E-state index contributed by atoms with van der Waals surface area (Å²) in [7, 11) is 0. The van der Waals surface area contributed by atoms with Gasteiger partial charge in [-0.25, -0.2) is 0 Å². The van der Waals surface area contributed by atoms with E-state index in [0.717, 1.165) is 17.7 Å². The molecule has 0 aliphatic heterocycles. The molecule has 0 unspecified atom stereocenters. The van der Waals surface area contributed by atoms with Crippen molar-refractivity contribution in [1.29, 1.82) is 0 Å². The highest BCUT2D eigenvalue weighted by atomic mass is 35.5. The van der Waals surface area contributed by atoms with Crippen LogP contribution in [0.15, 0.2) is 59.4 Å². The van der Waals surface area contributed by atoms with Crippen LogP contribution in [0.4, 0.5) is 18.9 Å². The van der Waals surface area contributed by atoms with Gasteiger partial charge in [0.15, 0.2) is 0 Å². The summed E-state index contributed by atoms with van der Waals surface area (Å²) < 4.78 is 45.0. The van der Waals surface area contributed by atoms with E-state index in [2.05, 4.69) is 15.5 Å². The molecule has 0 radical (unpaired) electrons. The van der Waals surface area contributed by atoms with E-state index in [9.17, 15) is 18.0 Å². The van der Waals surface area contributed by atoms with Crippen LogP contribution in [0, 0.1) is 0 Å². The Balaban J connectivity index is 1.71. The third-order valence-corrected chi connectivity index (χ3v) is 4.47. The van der Waals surface area contributed by atoms with Crippen molar-refractivity contribution in [3.05, 3.63) is 71.1 Å². The Bertz CT molecular complexity index is 1170. The van der Waals surface area contributed by atoms with E-state index >= 15 is 0 Å². The summed E-state index contributed by atoms with van der Waals surface area (Å²) >= 11 is 5.68. The van der Waals surface area contributed by atoms with Crippen LogP contribution in [0.2, 0.25) is 5.02 Å². The van der Waals surface area contributed by atoms with Crippen LogP contribution in [0.25, 0.3) is 22.2 Å². The summed E-state index contributed by atoms with van der Waals surface area (Å²) in [4.78, 5) is 12.5. The van der Waals surface area contributed by atoms with E-state index in [1.165, 1.54) is 18.6 Å². The summed E-state index contributed by atoms with van der Waals surface area (Å²) in [5, 5.41) is 9.70. The van der Waals surface area contributed by atoms with Gasteiger partial charge in [-0.15, -0.1) is 0 Å². The van der Waals surface area contributed by atoms with Gasteiger partial charge >= 0.3 is 6.18 Å². The molecule has 0 saturated heterocycles. The Morgan fingerprint density at radius 2 is 2.00 bits per heavy atom. The zero-order chi connectivity index (χ0) is 19.9. The number of benzene rings is 2. The number of carbonyl (C=O) groups excluding carboxylic acids is 1. The highest BCUT2D eigenvalue weighted by molar-refractivity contribution is 6.32. The first-order chi connectivity index (χ1) is 13.3. The van der Waals surface area contributed by atoms with E-state index in [4.69, 9.17) is 16.0 Å². The quantitative estimate of drug-likeness (QED) is 0.456. The molecule has 0 atom stereocenters. The molecule has 4 aromatic rings. The predicted molar refractivity (Wildman–Crippen MR) is 98.2 cm³/mol. The minimum atomic E-state index is -4.76. The van der Waals surface area contributed by atoms with Gasteiger partial charge in [-0.2, -0.15) is 18.3 Å². The van der Waals surface area contributed by atoms with Crippen molar-refractivity contribution in [1.82, 2.24) is 10.2 Å². The van der Waals surface area contributed by atoms with Gasteiger partial charge in [0.1, 0.15) is 5.69 Å². The van der Waals surface area contributed by atoms with Gasteiger partial charge in [-0.1, -0.05) is 17.7 Å². The van der Waals surface area contributed by atoms with E-state index in [1.807, 2.05) is 0 Å². The number of rotatable bonds is 3. The normalized spacial score (nSPS) is 11.7. The highest BCUT2D eigenvalue weighted by Gasteiger charge is 2.37. The second-order valence-electron chi connectivity index (χ2n) is 5.96. The standard InChI is InChI=1S/C19H11ClF3N3O2/c20-14-3-1-2-12(16(14)19(21,22)23)18(27)24-11-4-5-15-13(8-11)17(26-25-15)10-6-7-28-9-10/h1-9H,(H,24,27)(H,25,26). The number of carbonyl (C=O) groups is 1. The molecule has 0 aliphatic rings. The maximum atomic E-state index is 13.3. The van der Waals surface area contributed by atoms with Gasteiger partial charge in [-0.05, 0) is 36.4 Å². The lowest BCUT2D eigenvalue weighted by Gasteiger charge is -2.14. The molecule has 9 heteroatoms. The van der Waals surface area contributed by atoms with Crippen LogP contribution >= 0.6 is 11.6 Å². The molecule has 0 spiro atoms. The van der Waals surface area contributed by atoms with Gasteiger partial charge in [0.05, 0.1) is 34.2 Å². The molecular weight excluding hydrogens is 395 g/mol. The van der Waals surface area contributed by atoms with Crippen LogP contribution in [0.3, 0.4) is 0 Å². The molecule has 0 bridgehead atoms. The van der Waals surface area contributed by atoms with Gasteiger partial charge in [-0.3, -0.25) is 9.89 Å². The van der Waals surface area contributed by atoms with E-state index in [-0.39, 0.29) is 0 Å². The first kappa shape index (κ1) is 18.1. The molecular formula is C19H11ClF3N3O2. The minimum Gasteiger partial charge on any atom is -0.472 e. The number of anilines is 1. The number of amides is 1. The zero-order valence-corrected chi connectivity index (χ0v) is 14.7. The monoisotopic (exact) mass is 405 g/mol. The van der Waals surface area contributed by atoms with Crippen molar-refractivity contribution in [2.24, 2.45) is 0 Å². The third-order valence-electron chi connectivity index (χ3n) is 4.16. The number of H-pyrrole nitrogens is 1. The van der Waals surface area contributed by atoms with E-state index in [1.54, 1.807) is 24.3 Å². The maximum absolute atomic E-state index is 13.3. The molecule has 2 aromatic heterocycles. The number of aromatic amines is 1. The third kappa shape index (κ3) is 3.22. The number of fused-ring (bicyclic) bond motifs is 1. The smallest absolute Gasteiger partial charge is 0.418 e. The number of alkyl halides is 3. The Kier molecular flexibility index (Phi) is 4.35. The lowest BCUT2D eigenvalue weighted by Crippen LogP contribution is -2.19. The second-order valence-corrected chi connectivity index (χ2v) is 6.37. The number of hydrogen-bond acceptors (Lipinski definition) is 3. The van der Waals surface area contributed by atoms with Crippen molar-refractivity contribution in [2.75, 3.05) is 5.32 Å². The van der Waals surface area contributed by atoms with Crippen molar-refractivity contribution in [3.63, 3.8) is 0 Å². The molecule has 2 N–H and O–H groups in total. The van der Waals surface area contributed by atoms with Crippen molar-refractivity contribution in [3.8, 4) is 11.3 Å². The van der Waals surface area contributed by atoms with Crippen LogP contribution in [-0.2, 0) is 6.18 Å². The average molecular weight is 406 g/mol. The fourth-order valence-corrected chi connectivity index (χ4v) is 3.19. The van der Waals surface area contributed by atoms with Gasteiger partial charge in [0, 0.05) is 16.6 Å². The van der Waals surface area contributed by atoms with E-state index < -0.39 is 28.2 Å². The van der Waals surface area contributed by atoms with Crippen LogP contribution in [-0.4, -0.2) is 16.1 Å². The lowest BCUT2D eigenvalue weighted by molar-refractivity contribution is -0.137. The summed E-state index contributed by atoms with van der Waals surface area (Å²) in [6.45, 7) is 0. The lowest BCUT2D eigenvalue weighted by atomic mass is 10.1. The van der Waals surface area contributed by atoms with Crippen molar-refractivity contribution >= 4 is 34.1 Å². The number of nitrogens with zero attached hydrogens (tertiary/aromatic N) is 1. The predicted octanol–water partition coefficient (Wildman–Crippen LogP) is 5.75. The summed E-state index contributed by atoms with van der Waals surface area (Å²) in [6, 6.07) is 10.1. The number of hydrogen-bond donors (Lipinski definition) is 2. The van der Waals surface area contributed by atoms with Crippen molar-refractivity contribution in [2.45, 2.75) is 6.18 Å². The first-order valence-corrected chi connectivity index (χ1v) is 8.40. The SMILES string of the molecule is O=C(Nc1ccc2[nH]nc(-c3ccoc3)c2c1)c1cccc(Cl)c1C(F)(F)F. The Morgan fingerprint density at radius 3 is 2.71 bits per heavy atom. The molecule has 2 aromatic carbocycles. The Hall–Kier alpha value is -3.26. The highest BCUT2D eigenvalue weighted by Crippen LogP contribution is 2.37. The topological polar surface area (TPSA) is 70.9 Å². The molecule has 5 nitrogen and oxygen atoms in total. The zero-order valence-electron chi connectivity index (χ0n) is 14.0. The van der Waals surface area contributed by atoms with Crippen LogP contribution < -0.4 is 5.32 Å². The molecule has 0 aliphatic carbocycles. The number of furan rings is 1. The fourth-order valence-electron chi connectivity index (χ4n) is 2.91. The van der Waals surface area contributed by atoms with Gasteiger partial charge in [0.25, 0.3) is 5.91 Å². The average Bonchev–Trinajstić information content (AvgIpc) is 3.29. The fraction of sp³-hybridized carbons (Fsp3) is 0.0526. The minimum absolute atomic E-state index is 0.316. The van der Waals surface area contributed by atoms with Gasteiger partial charge in [0.2, 0.25) is 0 Å². The summed E-state index contributed by atoms with van der Waals surface area (Å²) in [6.07, 6.45) is -1.74. The Morgan fingerprint density at radius 1 is 1.18 bits per heavy atom. The number of halogens is 4. The first-order valence-electron chi connectivity index (χ1n) is 8.02. The molecule has 1 amide bonds. The number of nitrogens with one attached hydrogen (secondary N) is 2. The largest absolute Gasteiger partial charge is 0.472 e. The summed E-state index contributed by atoms with van der Waals surface area (Å²) in [5.41, 5.74) is 0.618. The van der Waals surface area contributed by atoms with Crippen molar-refractivity contribution < 1.29 is 22.4 Å².